The Hall–Kier alpha value is -9.39. The lowest BCUT2D eigenvalue weighted by atomic mass is 9.67. The number of hydrogen-bond acceptors (Lipinski definition) is 5. The van der Waals surface area contributed by atoms with Gasteiger partial charge in [-0.2, -0.15) is 0 Å². The van der Waals surface area contributed by atoms with Crippen LogP contribution in [0, 0.1) is 0 Å². The van der Waals surface area contributed by atoms with Gasteiger partial charge in [0.25, 0.3) is 0 Å². The molecule has 3 heterocycles. The summed E-state index contributed by atoms with van der Waals surface area (Å²) in [5.41, 5.74) is 14.5. The van der Waals surface area contributed by atoms with Gasteiger partial charge in [0, 0.05) is 33.2 Å². The lowest BCUT2D eigenvalue weighted by Gasteiger charge is -2.34. The molecule has 0 spiro atoms. The molecule has 2 aliphatic rings. The number of nitrogens with zero attached hydrogens (tertiary/aromatic N) is 4. The number of benzene rings is 10. The Morgan fingerprint density at radius 3 is 1.47 bits per heavy atom. The van der Waals surface area contributed by atoms with Crippen molar-refractivity contribution in [1.29, 1.82) is 0 Å². The third kappa shape index (κ3) is 6.17. The van der Waals surface area contributed by atoms with E-state index in [1.54, 1.807) is 0 Å². The van der Waals surface area contributed by atoms with Gasteiger partial charge in [0.1, 0.15) is 0 Å². The minimum absolute atomic E-state index is 0.549. The number of ether oxygens (including phenoxy) is 2. The quantitative estimate of drug-likeness (QED) is 0.159. The zero-order valence-corrected chi connectivity index (χ0v) is 37.7. The Labute approximate surface area is 404 Å². The van der Waals surface area contributed by atoms with Crippen molar-refractivity contribution < 1.29 is 9.47 Å². The normalized spacial score (nSPS) is 12.9. The second kappa shape index (κ2) is 15.9. The standard InChI is InChI=1S/C64H40N4O2/c1-4-18-41(19-5-1)61-65-62(42-32-35-46(36-33-42)68-55-30-16-13-26-49(55)50-27-14-17-31-56(50)68)67-63(66-61)51-28-11-10-24-47(51)43-34-37-57-58(38-43)70-59-39-52-48-25-12-15-29-53(48)64(44-20-6-2-7-21-44,45-22-8-3-9-23-45)54(52)40-60(59)69-57/h1-40H. The third-order valence-corrected chi connectivity index (χ3v) is 14.0. The Kier molecular flexibility index (Phi) is 9.01. The van der Waals surface area contributed by atoms with E-state index < -0.39 is 5.41 Å². The first-order valence-corrected chi connectivity index (χ1v) is 23.6. The first kappa shape index (κ1) is 39.7. The molecule has 12 aromatic rings. The second-order valence-electron chi connectivity index (χ2n) is 17.9. The van der Waals surface area contributed by atoms with Gasteiger partial charge in [0.2, 0.25) is 0 Å². The van der Waals surface area contributed by atoms with Gasteiger partial charge in [-0.05, 0) is 105 Å². The maximum atomic E-state index is 6.87. The van der Waals surface area contributed by atoms with E-state index in [2.05, 4.69) is 199 Å². The van der Waals surface area contributed by atoms with Gasteiger partial charge in [-0.3, -0.25) is 0 Å². The minimum Gasteiger partial charge on any atom is -0.450 e. The van der Waals surface area contributed by atoms with Gasteiger partial charge in [-0.15, -0.1) is 0 Å². The summed E-state index contributed by atoms with van der Waals surface area (Å²) in [5.74, 6) is 4.38. The van der Waals surface area contributed by atoms with Gasteiger partial charge in [-0.1, -0.05) is 182 Å². The van der Waals surface area contributed by atoms with E-state index in [0.29, 0.717) is 40.5 Å². The van der Waals surface area contributed by atoms with E-state index in [0.717, 1.165) is 55.7 Å². The lowest BCUT2D eigenvalue weighted by molar-refractivity contribution is 0.359. The predicted octanol–water partition coefficient (Wildman–Crippen LogP) is 15.9. The molecular weight excluding hydrogens is 857 g/mol. The monoisotopic (exact) mass is 896 g/mol. The Balaban J connectivity index is 0.849. The summed E-state index contributed by atoms with van der Waals surface area (Å²) in [6.07, 6.45) is 0. The number of rotatable bonds is 7. The fourth-order valence-corrected chi connectivity index (χ4v) is 10.9. The molecule has 0 amide bonds. The van der Waals surface area contributed by atoms with Crippen LogP contribution in [0.25, 0.3) is 83.9 Å². The summed E-state index contributed by atoms with van der Waals surface area (Å²) in [6.45, 7) is 0. The molecule has 0 saturated heterocycles. The van der Waals surface area contributed by atoms with Gasteiger partial charge in [-0.25, -0.2) is 15.0 Å². The molecule has 1 aliphatic heterocycles. The Morgan fingerprint density at radius 1 is 0.314 bits per heavy atom. The highest BCUT2D eigenvalue weighted by Gasteiger charge is 2.47. The molecule has 70 heavy (non-hydrogen) atoms. The van der Waals surface area contributed by atoms with Gasteiger partial charge < -0.3 is 14.0 Å². The molecule has 2 aromatic heterocycles. The summed E-state index contributed by atoms with van der Waals surface area (Å²) >= 11 is 0. The zero-order valence-electron chi connectivity index (χ0n) is 37.7. The van der Waals surface area contributed by atoms with Crippen LogP contribution in [-0.2, 0) is 5.41 Å². The Morgan fingerprint density at radius 2 is 0.800 bits per heavy atom. The molecular formula is C64H40N4O2. The highest BCUT2D eigenvalue weighted by atomic mass is 16.6. The van der Waals surface area contributed by atoms with Crippen molar-refractivity contribution in [2.75, 3.05) is 0 Å². The van der Waals surface area contributed by atoms with Crippen LogP contribution in [0.2, 0.25) is 0 Å². The topological polar surface area (TPSA) is 62.1 Å². The molecule has 0 atom stereocenters. The lowest BCUT2D eigenvalue weighted by Crippen LogP contribution is -2.28. The molecule has 0 bridgehead atoms. The summed E-state index contributed by atoms with van der Waals surface area (Å²) in [5, 5.41) is 2.45. The van der Waals surface area contributed by atoms with Gasteiger partial charge >= 0.3 is 0 Å². The second-order valence-corrected chi connectivity index (χ2v) is 17.9. The van der Waals surface area contributed by atoms with Crippen LogP contribution in [-0.4, -0.2) is 19.5 Å². The van der Waals surface area contributed by atoms with Gasteiger partial charge in [0.05, 0.1) is 16.4 Å². The first-order chi connectivity index (χ1) is 34.7. The molecule has 14 rings (SSSR count). The smallest absolute Gasteiger partial charge is 0.170 e. The van der Waals surface area contributed by atoms with Crippen molar-refractivity contribution in [3.63, 3.8) is 0 Å². The molecule has 0 radical (unpaired) electrons. The number of para-hydroxylation sites is 2. The van der Waals surface area contributed by atoms with Crippen molar-refractivity contribution in [1.82, 2.24) is 19.5 Å². The predicted molar refractivity (Wildman–Crippen MR) is 280 cm³/mol. The summed E-state index contributed by atoms with van der Waals surface area (Å²) < 4.78 is 16.0. The average molecular weight is 897 g/mol. The van der Waals surface area contributed by atoms with Crippen molar-refractivity contribution in [2.45, 2.75) is 5.41 Å². The maximum absolute atomic E-state index is 6.87. The van der Waals surface area contributed by atoms with E-state index in [-0.39, 0.29) is 0 Å². The zero-order chi connectivity index (χ0) is 46.2. The van der Waals surface area contributed by atoms with Crippen molar-refractivity contribution in [3.05, 3.63) is 265 Å². The molecule has 1 aliphatic carbocycles. The van der Waals surface area contributed by atoms with Crippen LogP contribution in [0.3, 0.4) is 0 Å². The Bertz CT molecular complexity index is 3910. The van der Waals surface area contributed by atoms with Crippen LogP contribution in [0.5, 0.6) is 23.0 Å². The van der Waals surface area contributed by atoms with E-state index >= 15 is 0 Å². The number of fused-ring (bicyclic) bond motifs is 8. The van der Waals surface area contributed by atoms with Crippen LogP contribution in [0.15, 0.2) is 243 Å². The van der Waals surface area contributed by atoms with Crippen molar-refractivity contribution in [3.8, 4) is 85.1 Å². The molecule has 0 N–H and O–H groups in total. The largest absolute Gasteiger partial charge is 0.450 e. The summed E-state index contributed by atoms with van der Waals surface area (Å²) in [4.78, 5) is 15.5. The van der Waals surface area contributed by atoms with E-state index in [1.165, 1.54) is 33.0 Å². The number of hydrogen-bond donors (Lipinski definition) is 0. The van der Waals surface area contributed by atoms with Crippen LogP contribution >= 0.6 is 0 Å². The highest BCUT2D eigenvalue weighted by molar-refractivity contribution is 6.09. The maximum Gasteiger partial charge on any atom is 0.170 e. The third-order valence-electron chi connectivity index (χ3n) is 14.0. The average Bonchev–Trinajstić information content (AvgIpc) is 3.93. The van der Waals surface area contributed by atoms with Crippen molar-refractivity contribution >= 4 is 21.8 Å². The molecule has 0 fully saturated rings. The fourth-order valence-electron chi connectivity index (χ4n) is 10.9. The summed E-state index contributed by atoms with van der Waals surface area (Å²) in [7, 11) is 0. The van der Waals surface area contributed by atoms with Gasteiger partial charge in [0.15, 0.2) is 40.5 Å². The van der Waals surface area contributed by atoms with Crippen LogP contribution in [0.1, 0.15) is 22.3 Å². The van der Waals surface area contributed by atoms with Crippen molar-refractivity contribution in [2.24, 2.45) is 0 Å². The molecule has 6 heteroatoms. The molecule has 6 nitrogen and oxygen atoms in total. The van der Waals surface area contributed by atoms with Crippen LogP contribution < -0.4 is 9.47 Å². The molecule has 10 aromatic carbocycles. The molecule has 0 saturated carbocycles. The number of aromatic nitrogens is 4. The minimum atomic E-state index is -0.549. The fraction of sp³-hybridized carbons (Fsp3) is 0.0156. The summed E-state index contributed by atoms with van der Waals surface area (Å²) in [6, 6.07) is 84.8. The highest BCUT2D eigenvalue weighted by Crippen LogP contribution is 2.60. The molecule has 0 unspecified atom stereocenters. The first-order valence-electron chi connectivity index (χ1n) is 23.6. The van der Waals surface area contributed by atoms with E-state index in [4.69, 9.17) is 24.4 Å². The SMILES string of the molecule is c1ccc(-c2nc(-c3ccc(-n4c5ccccc5c5ccccc54)cc3)nc(-c3ccccc3-c3ccc4c(c3)Oc3cc5c(cc3O4)C(c3ccccc3)(c3ccccc3)c3ccccc3-5)n2)cc1. The van der Waals surface area contributed by atoms with Crippen LogP contribution in [0.4, 0.5) is 0 Å². The van der Waals surface area contributed by atoms with E-state index in [1.807, 2.05) is 48.5 Å². The van der Waals surface area contributed by atoms with E-state index in [9.17, 15) is 0 Å². The molecule has 328 valence electrons.